The van der Waals surface area contributed by atoms with Crippen LogP contribution in [0.1, 0.15) is 38.2 Å². The molecule has 2 aromatic heterocycles. The number of aromatic nitrogens is 4. The second-order valence-electron chi connectivity index (χ2n) is 10.6. The maximum Gasteiger partial charge on any atom is 0.407 e. The lowest BCUT2D eigenvalue weighted by Crippen LogP contribution is -2.41. The van der Waals surface area contributed by atoms with E-state index in [1.807, 2.05) is 44.3 Å². The van der Waals surface area contributed by atoms with Gasteiger partial charge in [-0.3, -0.25) is 4.79 Å². The van der Waals surface area contributed by atoms with Gasteiger partial charge in [0, 0.05) is 49.8 Å². The molecule has 0 saturated carbocycles. The molecular formula is C29H34N6O6. The van der Waals surface area contributed by atoms with Gasteiger partial charge in [0.2, 0.25) is 0 Å². The molecule has 12 heteroatoms. The third kappa shape index (κ3) is 5.63. The Kier molecular flexibility index (Phi) is 7.73. The number of fused-ring (bicyclic) bond motifs is 1. The highest BCUT2D eigenvalue weighted by atomic mass is 16.6. The minimum absolute atomic E-state index is 0.000314. The maximum atomic E-state index is 12.8. The topological polar surface area (TPSA) is 155 Å². The molecule has 1 aliphatic rings. The molecule has 0 spiro atoms. The number of carbonyl (C=O) groups is 2. The largest absolute Gasteiger partial charge is 0.508 e. The van der Waals surface area contributed by atoms with Crippen molar-refractivity contribution in [3.8, 4) is 28.6 Å². The Morgan fingerprint density at radius 3 is 2.59 bits per heavy atom. The molecule has 0 radical (unpaired) electrons. The van der Waals surface area contributed by atoms with Gasteiger partial charge in [-0.25, -0.2) is 19.3 Å². The van der Waals surface area contributed by atoms with Gasteiger partial charge < -0.3 is 29.7 Å². The Hall–Kier alpha value is -4.74. The van der Waals surface area contributed by atoms with Gasteiger partial charge in [-0.05, 0) is 60.6 Å². The fourth-order valence-electron chi connectivity index (χ4n) is 5.37. The summed E-state index contributed by atoms with van der Waals surface area (Å²) in [5.41, 5.74) is 2.14. The Bertz CT molecular complexity index is 1640. The Balaban J connectivity index is 1.33. The zero-order chi connectivity index (χ0) is 29.3. The van der Waals surface area contributed by atoms with Crippen LogP contribution >= 0.6 is 0 Å². The van der Waals surface area contributed by atoms with Crippen molar-refractivity contribution < 1.29 is 24.5 Å². The van der Waals surface area contributed by atoms with Crippen molar-refractivity contribution in [3.05, 3.63) is 58.6 Å². The van der Waals surface area contributed by atoms with Crippen molar-refractivity contribution in [3.63, 3.8) is 0 Å². The van der Waals surface area contributed by atoms with Crippen molar-refractivity contribution in [2.24, 2.45) is 5.92 Å². The van der Waals surface area contributed by atoms with Crippen LogP contribution in [0.2, 0.25) is 0 Å². The fourth-order valence-corrected chi connectivity index (χ4v) is 5.37. The molecule has 1 aliphatic heterocycles. The number of benzene rings is 2. The van der Waals surface area contributed by atoms with Gasteiger partial charge in [0.1, 0.15) is 11.5 Å². The second kappa shape index (κ2) is 11.4. The molecule has 4 N–H and O–H groups in total. The average Bonchev–Trinajstić information content (AvgIpc) is 3.54. The first-order valence-corrected chi connectivity index (χ1v) is 13.6. The maximum absolute atomic E-state index is 12.8. The first kappa shape index (κ1) is 27.8. The number of amides is 2. The standard InChI is InChI=1S/C29H34N6O6/c1-17(2)21-13-22(25(37)14-24(21)36)27-31-32-28(39)35(27)20-4-5-23-19(12-20)8-11-34(23)15-18-6-9-33(10-7-18)26(38)16-41-29(40)30-3/h4-5,8,11-14,17-18,36-37H,6-7,9-10,15-16H2,1-3H3,(H,30,40)(H,32,39). The summed E-state index contributed by atoms with van der Waals surface area (Å²) in [7, 11) is 1.45. The van der Waals surface area contributed by atoms with Crippen molar-refractivity contribution in [2.75, 3.05) is 26.7 Å². The minimum Gasteiger partial charge on any atom is -0.508 e. The number of rotatable bonds is 7. The third-order valence-corrected chi connectivity index (χ3v) is 7.65. The lowest BCUT2D eigenvalue weighted by molar-refractivity contribution is -0.135. The lowest BCUT2D eigenvalue weighted by Gasteiger charge is -2.32. The Morgan fingerprint density at radius 2 is 1.88 bits per heavy atom. The van der Waals surface area contributed by atoms with Gasteiger partial charge in [-0.15, -0.1) is 0 Å². The molecule has 2 aromatic carbocycles. The van der Waals surface area contributed by atoms with Crippen molar-refractivity contribution in [2.45, 2.75) is 39.2 Å². The number of carbonyl (C=O) groups excluding carboxylic acids is 2. The fraction of sp³-hybridized carbons (Fsp3) is 0.379. The number of likely N-dealkylation sites (tertiary alicyclic amines) is 1. The predicted molar refractivity (Wildman–Crippen MR) is 152 cm³/mol. The quantitative estimate of drug-likeness (QED) is 0.269. The summed E-state index contributed by atoms with van der Waals surface area (Å²) < 4.78 is 8.46. The van der Waals surface area contributed by atoms with E-state index in [4.69, 9.17) is 4.74 Å². The van der Waals surface area contributed by atoms with Gasteiger partial charge in [-0.2, -0.15) is 5.10 Å². The Morgan fingerprint density at radius 1 is 1.12 bits per heavy atom. The molecule has 1 fully saturated rings. The molecule has 1 saturated heterocycles. The molecule has 216 valence electrons. The number of hydrogen-bond acceptors (Lipinski definition) is 7. The van der Waals surface area contributed by atoms with E-state index in [1.165, 1.54) is 17.7 Å². The SMILES string of the molecule is CNC(=O)OCC(=O)N1CCC(Cn2ccc3cc(-n4c(-c5cc(C(C)C)c(O)cc5O)n[nH]c4=O)ccc32)CC1. The molecule has 41 heavy (non-hydrogen) atoms. The summed E-state index contributed by atoms with van der Waals surface area (Å²) in [6.07, 6.45) is 3.07. The molecule has 5 rings (SSSR count). The normalized spacial score (nSPS) is 14.1. The van der Waals surface area contributed by atoms with Crippen LogP contribution in [0, 0.1) is 5.92 Å². The van der Waals surface area contributed by atoms with E-state index in [0.717, 1.165) is 30.3 Å². The lowest BCUT2D eigenvalue weighted by atomic mass is 9.96. The van der Waals surface area contributed by atoms with Crippen LogP contribution in [0.5, 0.6) is 11.5 Å². The minimum atomic E-state index is -0.622. The molecule has 4 aromatic rings. The summed E-state index contributed by atoms with van der Waals surface area (Å²) in [5.74, 6) is 0.244. The molecule has 2 amide bonds. The third-order valence-electron chi connectivity index (χ3n) is 7.65. The number of aromatic amines is 1. The van der Waals surface area contributed by atoms with Crippen molar-refractivity contribution >= 4 is 22.9 Å². The number of piperidine rings is 1. The van der Waals surface area contributed by atoms with E-state index in [1.54, 1.807) is 11.0 Å². The summed E-state index contributed by atoms with van der Waals surface area (Å²) in [4.78, 5) is 38.1. The number of alkyl carbamates (subject to hydrolysis) is 1. The number of phenolic OH excluding ortho intramolecular Hbond substituents is 2. The average molecular weight is 563 g/mol. The number of nitrogens with zero attached hydrogens (tertiary/aromatic N) is 4. The number of hydrogen-bond donors (Lipinski definition) is 4. The number of ether oxygens (including phenoxy) is 1. The summed E-state index contributed by atoms with van der Waals surface area (Å²) in [5, 5.41) is 30.8. The van der Waals surface area contributed by atoms with Crippen molar-refractivity contribution in [1.82, 2.24) is 29.5 Å². The van der Waals surface area contributed by atoms with Gasteiger partial charge in [0.05, 0.1) is 11.3 Å². The molecule has 0 aliphatic carbocycles. The van der Waals surface area contributed by atoms with Gasteiger partial charge >= 0.3 is 11.8 Å². The molecule has 12 nitrogen and oxygen atoms in total. The van der Waals surface area contributed by atoms with Gasteiger partial charge in [0.25, 0.3) is 5.91 Å². The summed E-state index contributed by atoms with van der Waals surface area (Å²) >= 11 is 0. The van der Waals surface area contributed by atoms with E-state index in [0.29, 0.717) is 35.8 Å². The monoisotopic (exact) mass is 562 g/mol. The first-order valence-electron chi connectivity index (χ1n) is 13.6. The number of nitrogens with one attached hydrogen (secondary N) is 2. The molecule has 0 atom stereocenters. The second-order valence-corrected chi connectivity index (χ2v) is 10.6. The van der Waals surface area contributed by atoms with Crippen LogP contribution in [0.3, 0.4) is 0 Å². The highest BCUT2D eigenvalue weighted by Crippen LogP contribution is 2.37. The van der Waals surface area contributed by atoms with E-state index >= 15 is 0 Å². The molecular weight excluding hydrogens is 528 g/mol. The van der Waals surface area contributed by atoms with Crippen LogP contribution < -0.4 is 11.0 Å². The predicted octanol–water partition coefficient (Wildman–Crippen LogP) is 3.31. The highest BCUT2D eigenvalue weighted by Gasteiger charge is 2.24. The first-order chi connectivity index (χ1) is 19.7. The van der Waals surface area contributed by atoms with Crippen LogP contribution in [-0.2, 0) is 16.1 Å². The van der Waals surface area contributed by atoms with Gasteiger partial charge in [0.15, 0.2) is 12.4 Å². The van der Waals surface area contributed by atoms with E-state index in [-0.39, 0.29) is 35.8 Å². The smallest absolute Gasteiger partial charge is 0.407 e. The summed E-state index contributed by atoms with van der Waals surface area (Å²) in [6, 6.07) is 10.6. The number of H-pyrrole nitrogens is 1. The molecule has 0 bridgehead atoms. The van der Waals surface area contributed by atoms with Crippen LogP contribution in [0.15, 0.2) is 47.4 Å². The van der Waals surface area contributed by atoms with E-state index in [9.17, 15) is 24.6 Å². The summed E-state index contributed by atoms with van der Waals surface area (Å²) in [6.45, 7) is 5.61. The van der Waals surface area contributed by atoms with Crippen molar-refractivity contribution in [1.29, 1.82) is 0 Å². The molecule has 3 heterocycles. The van der Waals surface area contributed by atoms with E-state index < -0.39 is 11.8 Å². The van der Waals surface area contributed by atoms with Crippen LogP contribution in [-0.4, -0.2) is 73.2 Å². The van der Waals surface area contributed by atoms with Gasteiger partial charge in [-0.1, -0.05) is 13.8 Å². The molecule has 0 unspecified atom stereocenters. The Labute approximate surface area is 236 Å². The number of aromatic hydroxyl groups is 2. The zero-order valence-corrected chi connectivity index (χ0v) is 23.3. The van der Waals surface area contributed by atoms with Crippen LogP contribution in [0.4, 0.5) is 4.79 Å². The van der Waals surface area contributed by atoms with Crippen LogP contribution in [0.25, 0.3) is 28.0 Å². The highest BCUT2D eigenvalue weighted by molar-refractivity contribution is 5.83. The zero-order valence-electron chi connectivity index (χ0n) is 23.3. The number of phenols is 2. The van der Waals surface area contributed by atoms with E-state index in [2.05, 4.69) is 20.1 Å².